The van der Waals surface area contributed by atoms with Gasteiger partial charge in [-0.15, -0.1) is 0 Å². The molecule has 0 amide bonds. The fraction of sp³-hybridized carbons (Fsp3) is 0.400. The molecule has 94 valence electrons. The summed E-state index contributed by atoms with van der Waals surface area (Å²) in [7, 11) is 0. The zero-order chi connectivity index (χ0) is 12.5. The van der Waals surface area contributed by atoms with Gasteiger partial charge in [-0.25, -0.2) is 0 Å². The molecule has 0 saturated carbocycles. The standard InChI is InChI=1S/C15H18N2O/c1-11-9-15(17-8-4-5-12(17)10-18)13-6-2-3-7-14(13)16-11/h2-3,6-7,9,12,18H,4-5,8,10H2,1H3/t12-/m1/s1. The molecule has 0 unspecified atom stereocenters. The third-order valence-electron chi connectivity index (χ3n) is 3.72. The van der Waals surface area contributed by atoms with Gasteiger partial charge in [-0.3, -0.25) is 4.98 Å². The van der Waals surface area contributed by atoms with Crippen LogP contribution in [-0.2, 0) is 0 Å². The Kier molecular flexibility index (Phi) is 2.92. The van der Waals surface area contributed by atoms with E-state index in [1.54, 1.807) is 0 Å². The SMILES string of the molecule is Cc1cc(N2CCC[C@@H]2CO)c2ccccc2n1. The Hall–Kier alpha value is -1.61. The number of fused-ring (bicyclic) bond motifs is 1. The highest BCUT2D eigenvalue weighted by molar-refractivity contribution is 5.92. The topological polar surface area (TPSA) is 36.4 Å². The predicted octanol–water partition coefficient (Wildman–Crippen LogP) is 2.50. The van der Waals surface area contributed by atoms with Gasteiger partial charge in [-0.1, -0.05) is 18.2 Å². The molecule has 1 atom stereocenters. The number of benzene rings is 1. The molecule has 1 N–H and O–H groups in total. The van der Waals surface area contributed by atoms with Crippen molar-refractivity contribution >= 4 is 16.6 Å². The lowest BCUT2D eigenvalue weighted by Crippen LogP contribution is -2.32. The van der Waals surface area contributed by atoms with E-state index in [1.807, 2.05) is 19.1 Å². The molecule has 2 aromatic rings. The van der Waals surface area contributed by atoms with E-state index < -0.39 is 0 Å². The van der Waals surface area contributed by atoms with Crippen molar-refractivity contribution in [2.75, 3.05) is 18.1 Å². The maximum Gasteiger partial charge on any atom is 0.0726 e. The zero-order valence-corrected chi connectivity index (χ0v) is 10.6. The lowest BCUT2D eigenvalue weighted by molar-refractivity contribution is 0.266. The van der Waals surface area contributed by atoms with Crippen LogP contribution in [0.25, 0.3) is 10.9 Å². The van der Waals surface area contributed by atoms with Crippen molar-refractivity contribution in [3.05, 3.63) is 36.0 Å². The number of aliphatic hydroxyl groups is 1. The maximum absolute atomic E-state index is 9.48. The Morgan fingerprint density at radius 2 is 2.22 bits per heavy atom. The van der Waals surface area contributed by atoms with E-state index >= 15 is 0 Å². The molecule has 1 aliphatic heterocycles. The van der Waals surface area contributed by atoms with Crippen LogP contribution in [0, 0.1) is 6.92 Å². The quantitative estimate of drug-likeness (QED) is 0.879. The molecule has 3 nitrogen and oxygen atoms in total. The van der Waals surface area contributed by atoms with E-state index in [1.165, 1.54) is 11.1 Å². The van der Waals surface area contributed by atoms with Gasteiger partial charge in [0.1, 0.15) is 0 Å². The molecule has 3 rings (SSSR count). The number of aromatic nitrogens is 1. The number of hydrogen-bond acceptors (Lipinski definition) is 3. The Morgan fingerprint density at radius 1 is 1.39 bits per heavy atom. The third kappa shape index (κ3) is 1.85. The smallest absolute Gasteiger partial charge is 0.0726 e. The minimum atomic E-state index is 0.232. The Labute approximate surface area is 107 Å². The molecule has 3 heteroatoms. The number of para-hydroxylation sites is 1. The second-order valence-electron chi connectivity index (χ2n) is 4.97. The number of hydrogen-bond donors (Lipinski definition) is 1. The zero-order valence-electron chi connectivity index (χ0n) is 10.6. The van der Waals surface area contributed by atoms with Crippen LogP contribution in [0.4, 0.5) is 5.69 Å². The second-order valence-corrected chi connectivity index (χ2v) is 4.97. The number of pyridine rings is 1. The highest BCUT2D eigenvalue weighted by Crippen LogP contribution is 2.32. The van der Waals surface area contributed by atoms with E-state index in [9.17, 15) is 5.11 Å². The summed E-state index contributed by atoms with van der Waals surface area (Å²) in [6.07, 6.45) is 2.23. The van der Waals surface area contributed by atoms with Crippen molar-refractivity contribution < 1.29 is 5.11 Å². The Bertz CT molecular complexity index is 567. The van der Waals surface area contributed by atoms with Crippen molar-refractivity contribution in [1.82, 2.24) is 4.98 Å². The van der Waals surface area contributed by atoms with E-state index in [0.29, 0.717) is 0 Å². The van der Waals surface area contributed by atoms with Gasteiger partial charge in [-0.2, -0.15) is 0 Å². The van der Waals surface area contributed by atoms with Crippen molar-refractivity contribution in [2.24, 2.45) is 0 Å². The van der Waals surface area contributed by atoms with Gasteiger partial charge >= 0.3 is 0 Å². The van der Waals surface area contributed by atoms with E-state index in [2.05, 4.69) is 28.1 Å². The molecule has 1 saturated heterocycles. The number of nitrogens with zero attached hydrogens (tertiary/aromatic N) is 2. The summed E-state index contributed by atoms with van der Waals surface area (Å²) >= 11 is 0. The molecule has 0 bridgehead atoms. The molecule has 18 heavy (non-hydrogen) atoms. The molecule has 1 aromatic carbocycles. The molecule has 2 heterocycles. The molecule has 1 aliphatic rings. The van der Waals surface area contributed by atoms with Crippen molar-refractivity contribution in [1.29, 1.82) is 0 Å². The van der Waals surface area contributed by atoms with Gasteiger partial charge in [0.2, 0.25) is 0 Å². The number of aliphatic hydroxyl groups excluding tert-OH is 1. The van der Waals surface area contributed by atoms with Crippen LogP contribution in [-0.4, -0.2) is 29.3 Å². The summed E-state index contributed by atoms with van der Waals surface area (Å²) in [4.78, 5) is 6.90. The first kappa shape index (κ1) is 11.5. The highest BCUT2D eigenvalue weighted by atomic mass is 16.3. The largest absolute Gasteiger partial charge is 0.394 e. The van der Waals surface area contributed by atoms with E-state index in [4.69, 9.17) is 0 Å². The Morgan fingerprint density at radius 3 is 3.06 bits per heavy atom. The van der Waals surface area contributed by atoms with Gasteiger partial charge < -0.3 is 10.0 Å². The van der Waals surface area contributed by atoms with Crippen LogP contribution in [0.3, 0.4) is 0 Å². The average molecular weight is 242 g/mol. The summed E-state index contributed by atoms with van der Waals surface area (Å²) in [6.45, 7) is 3.29. The van der Waals surface area contributed by atoms with Crippen molar-refractivity contribution in [2.45, 2.75) is 25.8 Å². The minimum absolute atomic E-state index is 0.232. The van der Waals surface area contributed by atoms with Gasteiger partial charge in [0.25, 0.3) is 0 Å². The first-order valence-electron chi connectivity index (χ1n) is 6.53. The molecule has 0 aliphatic carbocycles. The summed E-state index contributed by atoms with van der Waals surface area (Å²) < 4.78 is 0. The van der Waals surface area contributed by atoms with Crippen LogP contribution in [0.5, 0.6) is 0 Å². The maximum atomic E-state index is 9.48. The molecular weight excluding hydrogens is 224 g/mol. The summed E-state index contributed by atoms with van der Waals surface area (Å²) in [5.74, 6) is 0. The number of aryl methyl sites for hydroxylation is 1. The molecular formula is C15H18N2O. The molecule has 1 aromatic heterocycles. The van der Waals surface area contributed by atoms with Crippen molar-refractivity contribution in [3.8, 4) is 0 Å². The van der Waals surface area contributed by atoms with Crippen LogP contribution >= 0.6 is 0 Å². The van der Waals surface area contributed by atoms with Gasteiger partial charge in [0.15, 0.2) is 0 Å². The van der Waals surface area contributed by atoms with Gasteiger partial charge in [0, 0.05) is 23.3 Å². The Balaban J connectivity index is 2.15. The molecule has 0 spiro atoms. The first-order chi connectivity index (χ1) is 8.79. The van der Waals surface area contributed by atoms with Crippen LogP contribution in [0.2, 0.25) is 0 Å². The molecule has 0 radical (unpaired) electrons. The van der Waals surface area contributed by atoms with Crippen LogP contribution in [0.1, 0.15) is 18.5 Å². The van der Waals surface area contributed by atoms with Crippen molar-refractivity contribution in [3.63, 3.8) is 0 Å². The summed E-state index contributed by atoms with van der Waals surface area (Å²) in [5.41, 5.74) is 3.29. The second kappa shape index (κ2) is 4.58. The number of anilines is 1. The summed E-state index contributed by atoms with van der Waals surface area (Å²) in [5, 5.41) is 10.7. The van der Waals surface area contributed by atoms with Crippen LogP contribution in [0.15, 0.2) is 30.3 Å². The fourth-order valence-corrected chi connectivity index (χ4v) is 2.87. The average Bonchev–Trinajstić information content (AvgIpc) is 2.85. The van der Waals surface area contributed by atoms with Crippen LogP contribution < -0.4 is 4.90 Å². The summed E-state index contributed by atoms with van der Waals surface area (Å²) in [6, 6.07) is 10.6. The monoisotopic (exact) mass is 242 g/mol. The highest BCUT2D eigenvalue weighted by Gasteiger charge is 2.25. The lowest BCUT2D eigenvalue weighted by atomic mass is 10.1. The third-order valence-corrected chi connectivity index (χ3v) is 3.72. The number of rotatable bonds is 2. The first-order valence-corrected chi connectivity index (χ1v) is 6.53. The molecule has 1 fully saturated rings. The predicted molar refractivity (Wildman–Crippen MR) is 73.9 cm³/mol. The van der Waals surface area contributed by atoms with E-state index in [0.717, 1.165) is 30.6 Å². The van der Waals surface area contributed by atoms with E-state index in [-0.39, 0.29) is 12.6 Å². The minimum Gasteiger partial charge on any atom is -0.394 e. The van der Waals surface area contributed by atoms with Gasteiger partial charge in [0.05, 0.1) is 18.2 Å². The lowest BCUT2D eigenvalue weighted by Gasteiger charge is -2.26. The van der Waals surface area contributed by atoms with Gasteiger partial charge in [-0.05, 0) is 31.9 Å². The fourth-order valence-electron chi connectivity index (χ4n) is 2.87. The normalized spacial score (nSPS) is 19.7.